The lowest BCUT2D eigenvalue weighted by atomic mass is 10.1. The molecule has 0 saturated heterocycles. The quantitative estimate of drug-likeness (QED) is 0.764. The van der Waals surface area contributed by atoms with Crippen molar-refractivity contribution in [1.82, 2.24) is 10.2 Å². The molecule has 122 valence electrons. The summed E-state index contributed by atoms with van der Waals surface area (Å²) in [5.74, 6) is -0.195. The third-order valence-corrected chi connectivity index (χ3v) is 3.52. The molecule has 2 rings (SSSR count). The summed E-state index contributed by atoms with van der Waals surface area (Å²) in [6, 6.07) is 6.30. The second kappa shape index (κ2) is 7.51. The minimum Gasteiger partial charge on any atom is -0.435 e. The summed E-state index contributed by atoms with van der Waals surface area (Å²) in [6.07, 6.45) is 1.25. The first kappa shape index (κ1) is 16.6. The van der Waals surface area contributed by atoms with E-state index in [1.54, 1.807) is 6.07 Å². The smallest absolute Gasteiger partial charge is 0.387 e. The molecule has 1 aromatic carbocycles. The van der Waals surface area contributed by atoms with Gasteiger partial charge in [-0.3, -0.25) is 9.69 Å². The molecule has 1 fully saturated rings. The Hall–Kier alpha value is -1.73. The maximum atomic E-state index is 12.2. The first-order valence-corrected chi connectivity index (χ1v) is 7.15. The first-order valence-electron chi connectivity index (χ1n) is 7.15. The molecule has 1 aliphatic rings. The third kappa shape index (κ3) is 5.23. The average Bonchev–Trinajstić information content (AvgIpc) is 3.29. The second-order valence-corrected chi connectivity index (χ2v) is 5.42. The minimum atomic E-state index is -2.91. The van der Waals surface area contributed by atoms with Crippen molar-refractivity contribution in [2.75, 3.05) is 20.1 Å². The van der Waals surface area contributed by atoms with Crippen LogP contribution in [-0.2, 0) is 4.79 Å². The lowest BCUT2D eigenvalue weighted by molar-refractivity contribution is -0.122. The predicted molar refractivity (Wildman–Crippen MR) is 76.7 cm³/mol. The fraction of sp³-hybridized carbons (Fsp3) is 0.533. The molecule has 0 aromatic heterocycles. The van der Waals surface area contributed by atoms with Crippen molar-refractivity contribution in [1.29, 1.82) is 0 Å². The topological polar surface area (TPSA) is 61.8 Å². The molecular weight excluding hydrogens is 294 g/mol. The van der Waals surface area contributed by atoms with E-state index >= 15 is 0 Å². The Labute approximate surface area is 127 Å². The van der Waals surface area contributed by atoms with Crippen LogP contribution in [0.4, 0.5) is 8.78 Å². The molecule has 1 unspecified atom stereocenters. The number of rotatable bonds is 8. The van der Waals surface area contributed by atoms with Crippen molar-refractivity contribution in [2.24, 2.45) is 0 Å². The Kier molecular flexibility index (Phi) is 5.68. The van der Waals surface area contributed by atoms with Crippen molar-refractivity contribution in [3.05, 3.63) is 29.8 Å². The minimum absolute atomic E-state index is 0.0219. The molecular formula is C15H20F2N2O3. The molecule has 1 atom stereocenters. The van der Waals surface area contributed by atoms with Gasteiger partial charge in [0.2, 0.25) is 5.91 Å². The molecule has 0 bridgehead atoms. The lowest BCUT2D eigenvalue weighted by Gasteiger charge is -2.17. The standard InChI is InChI=1S/C15H20F2N2O3/c1-19(11-5-6-11)9-14(21)18-8-13(20)10-3-2-4-12(7-10)22-15(16)17/h2-4,7,11,13,15,20H,5-6,8-9H2,1H3,(H,18,21). The van der Waals surface area contributed by atoms with Crippen molar-refractivity contribution in [3.63, 3.8) is 0 Å². The van der Waals surface area contributed by atoms with E-state index in [1.165, 1.54) is 18.2 Å². The van der Waals surface area contributed by atoms with Crippen molar-refractivity contribution >= 4 is 5.91 Å². The van der Waals surface area contributed by atoms with E-state index in [1.807, 2.05) is 11.9 Å². The average molecular weight is 314 g/mol. The van der Waals surface area contributed by atoms with Crippen LogP contribution >= 0.6 is 0 Å². The van der Waals surface area contributed by atoms with Crippen LogP contribution in [0.5, 0.6) is 5.75 Å². The van der Waals surface area contributed by atoms with Gasteiger partial charge in [0.1, 0.15) is 5.75 Å². The van der Waals surface area contributed by atoms with E-state index in [2.05, 4.69) is 10.1 Å². The maximum absolute atomic E-state index is 12.2. The van der Waals surface area contributed by atoms with Gasteiger partial charge in [-0.15, -0.1) is 0 Å². The largest absolute Gasteiger partial charge is 0.435 e. The Bertz CT molecular complexity index is 509. The van der Waals surface area contributed by atoms with E-state index in [9.17, 15) is 18.7 Å². The van der Waals surface area contributed by atoms with Crippen LogP contribution in [-0.4, -0.2) is 48.7 Å². The zero-order chi connectivity index (χ0) is 16.1. The zero-order valence-electron chi connectivity index (χ0n) is 12.3. The molecule has 5 nitrogen and oxygen atoms in total. The van der Waals surface area contributed by atoms with Crippen LogP contribution < -0.4 is 10.1 Å². The Balaban J connectivity index is 1.80. The van der Waals surface area contributed by atoms with Crippen LogP contribution in [0, 0.1) is 0 Å². The number of halogens is 2. The highest BCUT2D eigenvalue weighted by Gasteiger charge is 2.27. The molecule has 0 heterocycles. The normalized spacial score (nSPS) is 15.9. The summed E-state index contributed by atoms with van der Waals surface area (Å²) in [7, 11) is 1.89. The van der Waals surface area contributed by atoms with Gasteiger partial charge in [-0.1, -0.05) is 12.1 Å². The van der Waals surface area contributed by atoms with E-state index in [0.717, 1.165) is 12.8 Å². The number of alkyl halides is 2. The maximum Gasteiger partial charge on any atom is 0.387 e. The number of hydrogen-bond acceptors (Lipinski definition) is 4. The van der Waals surface area contributed by atoms with Gasteiger partial charge in [0.05, 0.1) is 12.6 Å². The highest BCUT2D eigenvalue weighted by Crippen LogP contribution is 2.24. The van der Waals surface area contributed by atoms with Gasteiger partial charge in [-0.2, -0.15) is 8.78 Å². The number of likely N-dealkylation sites (N-methyl/N-ethyl adjacent to an activating group) is 1. The number of carbonyl (C=O) groups is 1. The number of ether oxygens (including phenoxy) is 1. The van der Waals surface area contributed by atoms with Crippen LogP contribution in [0.2, 0.25) is 0 Å². The Morgan fingerprint density at radius 3 is 2.86 bits per heavy atom. The molecule has 0 aliphatic heterocycles. The number of carbonyl (C=O) groups excluding carboxylic acids is 1. The third-order valence-electron chi connectivity index (χ3n) is 3.52. The number of benzene rings is 1. The number of aliphatic hydroxyl groups is 1. The highest BCUT2D eigenvalue weighted by atomic mass is 19.3. The molecule has 1 amide bonds. The number of hydrogen-bond donors (Lipinski definition) is 2. The molecule has 0 spiro atoms. The van der Waals surface area contributed by atoms with Gasteiger partial charge in [0, 0.05) is 12.6 Å². The van der Waals surface area contributed by atoms with Crippen LogP contribution in [0.3, 0.4) is 0 Å². The number of nitrogens with one attached hydrogen (secondary N) is 1. The van der Waals surface area contributed by atoms with Gasteiger partial charge in [-0.05, 0) is 37.6 Å². The monoisotopic (exact) mass is 314 g/mol. The summed E-state index contributed by atoms with van der Waals surface area (Å²) in [4.78, 5) is 13.7. The fourth-order valence-electron chi connectivity index (χ4n) is 2.15. The molecule has 1 aromatic rings. The van der Waals surface area contributed by atoms with Crippen molar-refractivity contribution in [3.8, 4) is 5.75 Å². The van der Waals surface area contributed by atoms with Gasteiger partial charge in [0.25, 0.3) is 0 Å². The van der Waals surface area contributed by atoms with E-state index in [4.69, 9.17) is 0 Å². The lowest BCUT2D eigenvalue weighted by Crippen LogP contribution is -2.37. The van der Waals surface area contributed by atoms with E-state index in [-0.39, 0.29) is 24.7 Å². The van der Waals surface area contributed by atoms with Crippen LogP contribution in [0.25, 0.3) is 0 Å². The number of nitrogens with zero attached hydrogens (tertiary/aromatic N) is 1. The fourth-order valence-corrected chi connectivity index (χ4v) is 2.15. The van der Waals surface area contributed by atoms with Gasteiger partial charge >= 0.3 is 6.61 Å². The van der Waals surface area contributed by atoms with E-state index < -0.39 is 12.7 Å². The number of aliphatic hydroxyl groups excluding tert-OH is 1. The van der Waals surface area contributed by atoms with Gasteiger partial charge in [0.15, 0.2) is 0 Å². The molecule has 2 N–H and O–H groups in total. The Morgan fingerprint density at radius 2 is 2.23 bits per heavy atom. The summed E-state index contributed by atoms with van der Waals surface area (Å²) in [5.41, 5.74) is 0.411. The Morgan fingerprint density at radius 1 is 1.50 bits per heavy atom. The second-order valence-electron chi connectivity index (χ2n) is 5.42. The number of amides is 1. The van der Waals surface area contributed by atoms with Crippen LogP contribution in [0.15, 0.2) is 24.3 Å². The molecule has 22 heavy (non-hydrogen) atoms. The molecule has 0 radical (unpaired) electrons. The first-order chi connectivity index (χ1) is 10.5. The predicted octanol–water partition coefficient (Wildman–Crippen LogP) is 1.53. The molecule has 1 saturated carbocycles. The van der Waals surface area contributed by atoms with Crippen LogP contribution in [0.1, 0.15) is 24.5 Å². The highest BCUT2D eigenvalue weighted by molar-refractivity contribution is 5.78. The summed E-state index contributed by atoms with van der Waals surface area (Å²) in [6.45, 7) is -2.61. The van der Waals surface area contributed by atoms with Gasteiger partial charge < -0.3 is 15.2 Å². The summed E-state index contributed by atoms with van der Waals surface area (Å²) in [5, 5.41) is 12.6. The SMILES string of the molecule is CN(CC(=O)NCC(O)c1cccc(OC(F)F)c1)C1CC1. The summed E-state index contributed by atoms with van der Waals surface area (Å²) >= 11 is 0. The summed E-state index contributed by atoms with van der Waals surface area (Å²) < 4.78 is 28.6. The van der Waals surface area contributed by atoms with Crippen molar-refractivity contribution in [2.45, 2.75) is 31.6 Å². The zero-order valence-corrected chi connectivity index (χ0v) is 12.3. The van der Waals surface area contributed by atoms with Gasteiger partial charge in [-0.25, -0.2) is 0 Å². The van der Waals surface area contributed by atoms with Crippen molar-refractivity contribution < 1.29 is 23.4 Å². The molecule has 7 heteroatoms. The van der Waals surface area contributed by atoms with E-state index in [0.29, 0.717) is 11.6 Å². The molecule has 1 aliphatic carbocycles.